The number of fused-ring (bicyclic) bond motifs is 1. The SMILES string of the molecule is COC(=O)c1nccc2cnccc12. The largest absolute Gasteiger partial charge is 0.464 e. The van der Waals surface area contributed by atoms with Gasteiger partial charge in [-0.2, -0.15) is 0 Å². The zero-order valence-electron chi connectivity index (χ0n) is 7.60. The van der Waals surface area contributed by atoms with Crippen molar-refractivity contribution in [1.82, 2.24) is 9.97 Å². The van der Waals surface area contributed by atoms with Crippen molar-refractivity contribution in [2.75, 3.05) is 7.11 Å². The number of nitrogens with zero attached hydrogens (tertiary/aromatic N) is 2. The molecule has 0 atom stereocenters. The number of carbonyl (C=O) groups is 1. The van der Waals surface area contributed by atoms with Crippen LogP contribution in [0.2, 0.25) is 0 Å². The molecule has 0 saturated carbocycles. The van der Waals surface area contributed by atoms with E-state index in [2.05, 4.69) is 14.7 Å². The third-order valence-corrected chi connectivity index (χ3v) is 1.94. The third kappa shape index (κ3) is 1.31. The summed E-state index contributed by atoms with van der Waals surface area (Å²) in [6, 6.07) is 3.54. The van der Waals surface area contributed by atoms with Crippen LogP contribution >= 0.6 is 0 Å². The van der Waals surface area contributed by atoms with Crippen LogP contribution in [0.1, 0.15) is 10.5 Å². The summed E-state index contributed by atoms with van der Waals surface area (Å²) >= 11 is 0. The van der Waals surface area contributed by atoms with E-state index >= 15 is 0 Å². The van der Waals surface area contributed by atoms with Crippen LogP contribution in [0.25, 0.3) is 10.8 Å². The van der Waals surface area contributed by atoms with E-state index in [9.17, 15) is 4.79 Å². The lowest BCUT2D eigenvalue weighted by atomic mass is 10.2. The van der Waals surface area contributed by atoms with Crippen molar-refractivity contribution in [3.05, 3.63) is 36.4 Å². The molecule has 0 fully saturated rings. The summed E-state index contributed by atoms with van der Waals surface area (Å²) in [6.45, 7) is 0. The van der Waals surface area contributed by atoms with Crippen molar-refractivity contribution >= 4 is 16.7 Å². The molecule has 2 rings (SSSR count). The van der Waals surface area contributed by atoms with Crippen LogP contribution in [0.3, 0.4) is 0 Å². The third-order valence-electron chi connectivity index (χ3n) is 1.94. The highest BCUT2D eigenvalue weighted by molar-refractivity contribution is 6.02. The van der Waals surface area contributed by atoms with E-state index in [1.807, 2.05) is 0 Å². The number of esters is 1. The fourth-order valence-electron chi connectivity index (χ4n) is 1.28. The molecule has 2 aromatic heterocycles. The summed E-state index contributed by atoms with van der Waals surface area (Å²) in [7, 11) is 1.34. The Morgan fingerprint density at radius 2 is 2.21 bits per heavy atom. The van der Waals surface area contributed by atoms with Gasteiger partial charge < -0.3 is 4.74 Å². The molecule has 0 radical (unpaired) electrons. The van der Waals surface area contributed by atoms with Gasteiger partial charge in [0.15, 0.2) is 5.69 Å². The first-order valence-corrected chi connectivity index (χ1v) is 4.10. The van der Waals surface area contributed by atoms with Gasteiger partial charge in [0.05, 0.1) is 7.11 Å². The quantitative estimate of drug-likeness (QED) is 0.635. The molecule has 2 aromatic rings. The molecule has 0 saturated heterocycles. The average molecular weight is 188 g/mol. The molecule has 70 valence electrons. The summed E-state index contributed by atoms with van der Waals surface area (Å²) in [5.41, 5.74) is 0.326. The lowest BCUT2D eigenvalue weighted by molar-refractivity contribution is 0.0596. The summed E-state index contributed by atoms with van der Waals surface area (Å²) in [5.74, 6) is -0.429. The van der Waals surface area contributed by atoms with Crippen molar-refractivity contribution < 1.29 is 9.53 Å². The fourth-order valence-corrected chi connectivity index (χ4v) is 1.28. The molecule has 0 amide bonds. The lowest BCUT2D eigenvalue weighted by Gasteiger charge is -2.01. The van der Waals surface area contributed by atoms with Crippen molar-refractivity contribution in [2.24, 2.45) is 0 Å². The molecule has 0 N–H and O–H groups in total. The number of methoxy groups -OCH3 is 1. The van der Waals surface area contributed by atoms with Gasteiger partial charge in [0, 0.05) is 29.4 Å². The second-order valence-corrected chi connectivity index (χ2v) is 2.75. The van der Waals surface area contributed by atoms with Crippen LogP contribution in [0.15, 0.2) is 30.7 Å². The summed E-state index contributed by atoms with van der Waals surface area (Å²) < 4.78 is 4.62. The first kappa shape index (κ1) is 8.62. The Labute approximate surface area is 80.6 Å². The maximum absolute atomic E-state index is 11.3. The monoisotopic (exact) mass is 188 g/mol. The highest BCUT2D eigenvalue weighted by atomic mass is 16.5. The van der Waals surface area contributed by atoms with Crippen LogP contribution in [-0.4, -0.2) is 23.0 Å². The van der Waals surface area contributed by atoms with E-state index in [1.54, 1.807) is 30.7 Å². The zero-order chi connectivity index (χ0) is 9.97. The van der Waals surface area contributed by atoms with Crippen LogP contribution in [-0.2, 0) is 4.74 Å². The van der Waals surface area contributed by atoms with Gasteiger partial charge in [-0.05, 0) is 12.1 Å². The molecule has 4 heteroatoms. The Morgan fingerprint density at radius 3 is 3.00 bits per heavy atom. The summed E-state index contributed by atoms with van der Waals surface area (Å²) in [4.78, 5) is 19.3. The van der Waals surface area contributed by atoms with Crippen LogP contribution in [0.4, 0.5) is 0 Å². The Morgan fingerprint density at radius 1 is 1.36 bits per heavy atom. The van der Waals surface area contributed by atoms with Gasteiger partial charge >= 0.3 is 5.97 Å². The molecule has 4 nitrogen and oxygen atoms in total. The first-order valence-electron chi connectivity index (χ1n) is 4.10. The van der Waals surface area contributed by atoms with E-state index < -0.39 is 5.97 Å². The number of pyridine rings is 2. The second-order valence-electron chi connectivity index (χ2n) is 2.75. The maximum Gasteiger partial charge on any atom is 0.357 e. The minimum absolute atomic E-state index is 0.326. The maximum atomic E-state index is 11.3. The predicted octanol–water partition coefficient (Wildman–Crippen LogP) is 1.42. The van der Waals surface area contributed by atoms with Crippen LogP contribution in [0, 0.1) is 0 Å². The molecule has 2 heterocycles. The summed E-state index contributed by atoms with van der Waals surface area (Å²) in [6.07, 6.45) is 4.87. The smallest absolute Gasteiger partial charge is 0.357 e. The molecule has 0 unspecified atom stereocenters. The molecular formula is C10H8N2O2. The first-order chi connectivity index (χ1) is 6.83. The Bertz CT molecular complexity index is 477. The van der Waals surface area contributed by atoms with E-state index in [4.69, 9.17) is 0 Å². The predicted molar refractivity (Wildman–Crippen MR) is 50.9 cm³/mol. The summed E-state index contributed by atoms with van der Waals surface area (Å²) in [5, 5.41) is 1.64. The molecule has 0 aromatic carbocycles. The number of ether oxygens (including phenoxy) is 1. The number of hydrogen-bond donors (Lipinski definition) is 0. The number of carbonyl (C=O) groups excluding carboxylic acids is 1. The van der Waals surface area contributed by atoms with E-state index in [0.29, 0.717) is 5.69 Å². The highest BCUT2D eigenvalue weighted by Crippen LogP contribution is 2.15. The van der Waals surface area contributed by atoms with Gasteiger partial charge in [-0.1, -0.05) is 0 Å². The van der Waals surface area contributed by atoms with Gasteiger partial charge in [-0.3, -0.25) is 4.98 Å². The number of hydrogen-bond acceptors (Lipinski definition) is 4. The normalized spacial score (nSPS) is 10.1. The molecular weight excluding hydrogens is 180 g/mol. The topological polar surface area (TPSA) is 52.1 Å². The van der Waals surface area contributed by atoms with Gasteiger partial charge in [-0.25, -0.2) is 9.78 Å². The minimum Gasteiger partial charge on any atom is -0.464 e. The molecule has 0 aliphatic heterocycles. The van der Waals surface area contributed by atoms with Crippen molar-refractivity contribution in [3.8, 4) is 0 Å². The lowest BCUT2D eigenvalue weighted by Crippen LogP contribution is -2.04. The van der Waals surface area contributed by atoms with Crippen LogP contribution in [0.5, 0.6) is 0 Å². The Kier molecular flexibility index (Phi) is 2.10. The Balaban J connectivity index is 2.71. The molecule has 14 heavy (non-hydrogen) atoms. The number of rotatable bonds is 1. The Hall–Kier alpha value is -1.97. The molecule has 0 spiro atoms. The molecule has 0 aliphatic rings. The van der Waals surface area contributed by atoms with Crippen LogP contribution < -0.4 is 0 Å². The minimum atomic E-state index is -0.429. The van der Waals surface area contributed by atoms with E-state index in [0.717, 1.165) is 10.8 Å². The standard InChI is InChI=1S/C10H8N2O2/c1-14-10(13)9-8-3-4-11-6-7(8)2-5-12-9/h2-6H,1H3. The van der Waals surface area contributed by atoms with Crippen molar-refractivity contribution in [2.45, 2.75) is 0 Å². The highest BCUT2D eigenvalue weighted by Gasteiger charge is 2.10. The second kappa shape index (κ2) is 3.41. The van der Waals surface area contributed by atoms with Gasteiger partial charge in [0.1, 0.15) is 0 Å². The van der Waals surface area contributed by atoms with Gasteiger partial charge in [0.2, 0.25) is 0 Å². The van der Waals surface area contributed by atoms with E-state index in [1.165, 1.54) is 7.11 Å². The van der Waals surface area contributed by atoms with Gasteiger partial charge in [0.25, 0.3) is 0 Å². The van der Waals surface area contributed by atoms with Gasteiger partial charge in [-0.15, -0.1) is 0 Å². The molecule has 0 aliphatic carbocycles. The molecule has 0 bridgehead atoms. The van der Waals surface area contributed by atoms with Crippen molar-refractivity contribution in [3.63, 3.8) is 0 Å². The van der Waals surface area contributed by atoms with Crippen molar-refractivity contribution in [1.29, 1.82) is 0 Å². The average Bonchev–Trinajstić information content (AvgIpc) is 2.27. The van der Waals surface area contributed by atoms with E-state index in [-0.39, 0.29) is 0 Å². The zero-order valence-corrected chi connectivity index (χ0v) is 7.60. The fraction of sp³-hybridized carbons (Fsp3) is 0.100. The number of aromatic nitrogens is 2.